The van der Waals surface area contributed by atoms with Gasteiger partial charge in [-0.2, -0.15) is 4.98 Å². The molecule has 1 saturated heterocycles. The van der Waals surface area contributed by atoms with Crippen LogP contribution in [0.25, 0.3) is 11.3 Å². The predicted molar refractivity (Wildman–Crippen MR) is 119 cm³/mol. The van der Waals surface area contributed by atoms with Crippen molar-refractivity contribution in [2.75, 3.05) is 60.8 Å². The second kappa shape index (κ2) is 8.63. The summed E-state index contributed by atoms with van der Waals surface area (Å²) in [7, 11) is 1.77. The van der Waals surface area contributed by atoms with Gasteiger partial charge in [0.25, 0.3) is 5.91 Å². The molecule has 1 fully saturated rings. The molecule has 2 aliphatic rings. The fourth-order valence-corrected chi connectivity index (χ4v) is 3.46. The second-order valence-corrected chi connectivity index (χ2v) is 7.25. The predicted octanol–water partition coefficient (Wildman–Crippen LogP) is 1.89. The standard InChI is InChI=1S/C21H22N8O3/c1-22-20-23-10-13(11-24-20)16-9-18(29-4-6-31-7-5-29)28-21(27-16)25-14-2-3-15-17(8-14)32-12-19(30)26-15/h2-3,8-11H,4-7,12H2,1H3,(H,26,30)(H,22,23,24)(H,25,27,28). The van der Waals surface area contributed by atoms with E-state index in [-0.39, 0.29) is 12.5 Å². The number of nitrogens with one attached hydrogen (secondary N) is 3. The molecule has 11 nitrogen and oxygen atoms in total. The molecule has 3 aromatic rings. The van der Waals surface area contributed by atoms with E-state index in [1.54, 1.807) is 25.5 Å². The minimum Gasteiger partial charge on any atom is -0.482 e. The highest BCUT2D eigenvalue weighted by atomic mass is 16.5. The maximum atomic E-state index is 11.5. The number of carbonyl (C=O) groups excluding carboxylic acids is 1. The lowest BCUT2D eigenvalue weighted by atomic mass is 10.2. The largest absolute Gasteiger partial charge is 0.482 e. The van der Waals surface area contributed by atoms with Crippen molar-refractivity contribution >= 4 is 35.0 Å². The van der Waals surface area contributed by atoms with E-state index in [9.17, 15) is 4.79 Å². The molecule has 164 valence electrons. The molecule has 1 aromatic carbocycles. The van der Waals surface area contributed by atoms with Gasteiger partial charge >= 0.3 is 0 Å². The molecule has 5 rings (SSSR count). The Morgan fingerprint density at radius 2 is 1.88 bits per heavy atom. The minimum atomic E-state index is -0.170. The number of amides is 1. The van der Waals surface area contributed by atoms with Crippen molar-refractivity contribution in [2.45, 2.75) is 0 Å². The van der Waals surface area contributed by atoms with Gasteiger partial charge in [-0.15, -0.1) is 0 Å². The van der Waals surface area contributed by atoms with E-state index in [1.165, 1.54) is 0 Å². The normalized spacial score (nSPS) is 15.4. The summed E-state index contributed by atoms with van der Waals surface area (Å²) in [6.07, 6.45) is 3.45. The number of hydrogen-bond donors (Lipinski definition) is 3. The number of nitrogens with zero attached hydrogens (tertiary/aromatic N) is 5. The third kappa shape index (κ3) is 4.23. The van der Waals surface area contributed by atoms with Gasteiger partial charge < -0.3 is 30.3 Å². The van der Waals surface area contributed by atoms with Crippen LogP contribution >= 0.6 is 0 Å². The second-order valence-electron chi connectivity index (χ2n) is 7.25. The molecule has 11 heteroatoms. The van der Waals surface area contributed by atoms with Crippen LogP contribution in [-0.2, 0) is 9.53 Å². The smallest absolute Gasteiger partial charge is 0.262 e. The van der Waals surface area contributed by atoms with Crippen LogP contribution in [-0.4, -0.2) is 65.8 Å². The Morgan fingerprint density at radius 1 is 1.06 bits per heavy atom. The zero-order valence-corrected chi connectivity index (χ0v) is 17.5. The lowest BCUT2D eigenvalue weighted by molar-refractivity contribution is -0.118. The van der Waals surface area contributed by atoms with Gasteiger partial charge in [0.2, 0.25) is 11.9 Å². The molecule has 4 heterocycles. The third-order valence-corrected chi connectivity index (χ3v) is 5.09. The van der Waals surface area contributed by atoms with Gasteiger partial charge in [-0.05, 0) is 12.1 Å². The third-order valence-electron chi connectivity index (χ3n) is 5.09. The monoisotopic (exact) mass is 434 g/mol. The van der Waals surface area contributed by atoms with Gasteiger partial charge in [0.1, 0.15) is 11.6 Å². The van der Waals surface area contributed by atoms with E-state index in [0.717, 1.165) is 30.2 Å². The van der Waals surface area contributed by atoms with Gasteiger partial charge in [-0.1, -0.05) is 0 Å². The van der Waals surface area contributed by atoms with Crippen molar-refractivity contribution in [3.63, 3.8) is 0 Å². The van der Waals surface area contributed by atoms with E-state index < -0.39 is 0 Å². The molecule has 0 aliphatic carbocycles. The fourth-order valence-electron chi connectivity index (χ4n) is 3.46. The first-order valence-electron chi connectivity index (χ1n) is 10.2. The zero-order chi connectivity index (χ0) is 21.9. The number of anilines is 5. The average Bonchev–Trinajstić information content (AvgIpc) is 2.84. The van der Waals surface area contributed by atoms with Crippen molar-refractivity contribution in [1.82, 2.24) is 19.9 Å². The number of morpholine rings is 1. The molecular weight excluding hydrogens is 412 g/mol. The molecule has 0 atom stereocenters. The first kappa shape index (κ1) is 19.9. The number of carbonyl (C=O) groups is 1. The van der Waals surface area contributed by atoms with Gasteiger partial charge in [-0.25, -0.2) is 15.0 Å². The highest BCUT2D eigenvalue weighted by molar-refractivity contribution is 5.95. The van der Waals surface area contributed by atoms with E-state index >= 15 is 0 Å². The molecular formula is C21H22N8O3. The summed E-state index contributed by atoms with van der Waals surface area (Å²) >= 11 is 0. The first-order chi connectivity index (χ1) is 15.7. The molecule has 0 radical (unpaired) electrons. The van der Waals surface area contributed by atoms with Crippen LogP contribution in [0.1, 0.15) is 0 Å². The van der Waals surface area contributed by atoms with E-state index in [0.29, 0.717) is 42.2 Å². The quantitative estimate of drug-likeness (QED) is 0.548. The molecule has 0 saturated carbocycles. The highest BCUT2D eigenvalue weighted by Gasteiger charge is 2.18. The fraction of sp³-hybridized carbons (Fsp3) is 0.286. The molecule has 1 amide bonds. The van der Waals surface area contributed by atoms with Gasteiger partial charge in [0, 0.05) is 55.9 Å². The number of benzene rings is 1. The van der Waals surface area contributed by atoms with Crippen molar-refractivity contribution < 1.29 is 14.3 Å². The molecule has 0 unspecified atom stereocenters. The van der Waals surface area contributed by atoms with Crippen molar-refractivity contribution in [1.29, 1.82) is 0 Å². The molecule has 32 heavy (non-hydrogen) atoms. The van der Waals surface area contributed by atoms with Crippen LogP contribution in [0.5, 0.6) is 5.75 Å². The molecule has 3 N–H and O–H groups in total. The van der Waals surface area contributed by atoms with Crippen LogP contribution < -0.4 is 25.6 Å². The van der Waals surface area contributed by atoms with Crippen LogP contribution in [0, 0.1) is 0 Å². The Hall–Kier alpha value is -3.99. The summed E-state index contributed by atoms with van der Waals surface area (Å²) in [5.74, 6) is 2.18. The molecule has 2 aliphatic heterocycles. The van der Waals surface area contributed by atoms with E-state index in [2.05, 4.69) is 35.8 Å². The maximum absolute atomic E-state index is 11.5. The lowest BCUT2D eigenvalue weighted by Gasteiger charge is -2.28. The van der Waals surface area contributed by atoms with Crippen LogP contribution in [0.15, 0.2) is 36.7 Å². The highest BCUT2D eigenvalue weighted by Crippen LogP contribution is 2.32. The summed E-state index contributed by atoms with van der Waals surface area (Å²) in [6, 6.07) is 7.36. The summed E-state index contributed by atoms with van der Waals surface area (Å²) in [4.78, 5) is 31.7. The first-order valence-corrected chi connectivity index (χ1v) is 10.2. The maximum Gasteiger partial charge on any atom is 0.262 e. The number of fused-ring (bicyclic) bond motifs is 1. The molecule has 0 spiro atoms. The topological polar surface area (TPSA) is 126 Å². The van der Waals surface area contributed by atoms with Crippen LogP contribution in [0.4, 0.5) is 29.1 Å². The number of aromatic nitrogens is 4. The Bertz CT molecular complexity index is 1130. The number of ether oxygens (including phenoxy) is 2. The van der Waals surface area contributed by atoms with E-state index in [4.69, 9.17) is 14.5 Å². The van der Waals surface area contributed by atoms with Crippen LogP contribution in [0.3, 0.4) is 0 Å². The number of rotatable bonds is 5. The summed E-state index contributed by atoms with van der Waals surface area (Å²) in [5.41, 5.74) is 2.86. The van der Waals surface area contributed by atoms with Gasteiger partial charge in [0.05, 0.1) is 24.6 Å². The van der Waals surface area contributed by atoms with Gasteiger partial charge in [0.15, 0.2) is 6.61 Å². The number of hydrogen-bond acceptors (Lipinski definition) is 10. The van der Waals surface area contributed by atoms with E-state index in [1.807, 2.05) is 18.2 Å². The van der Waals surface area contributed by atoms with Crippen LogP contribution in [0.2, 0.25) is 0 Å². The Kier molecular flexibility index (Phi) is 5.38. The summed E-state index contributed by atoms with van der Waals surface area (Å²) in [5, 5.41) is 8.95. The minimum absolute atomic E-state index is 0.00771. The van der Waals surface area contributed by atoms with Gasteiger partial charge in [-0.3, -0.25) is 4.79 Å². The lowest BCUT2D eigenvalue weighted by Crippen LogP contribution is -2.36. The van der Waals surface area contributed by atoms with Crippen molar-refractivity contribution in [3.05, 3.63) is 36.7 Å². The van der Waals surface area contributed by atoms with Crippen molar-refractivity contribution in [2.24, 2.45) is 0 Å². The molecule has 0 bridgehead atoms. The average molecular weight is 434 g/mol. The zero-order valence-electron chi connectivity index (χ0n) is 17.5. The summed E-state index contributed by atoms with van der Waals surface area (Å²) < 4.78 is 11.0. The Balaban J connectivity index is 1.48. The Labute approximate surface area is 184 Å². The Morgan fingerprint density at radius 3 is 2.66 bits per heavy atom. The molecule has 2 aromatic heterocycles. The summed E-state index contributed by atoms with van der Waals surface area (Å²) in [6.45, 7) is 2.78. The SMILES string of the molecule is CNc1ncc(-c2cc(N3CCOCC3)nc(Nc3ccc4c(c3)OCC(=O)N4)n2)cn1. The van der Waals surface area contributed by atoms with Crippen molar-refractivity contribution in [3.8, 4) is 17.0 Å².